The van der Waals surface area contributed by atoms with Crippen LogP contribution < -0.4 is 10.1 Å². The Kier molecular flexibility index (Phi) is 20.4. The summed E-state index contributed by atoms with van der Waals surface area (Å²) in [4.78, 5) is 0. The minimum atomic E-state index is -4.69. The summed E-state index contributed by atoms with van der Waals surface area (Å²) in [6, 6.07) is 16.6. The van der Waals surface area contributed by atoms with Crippen molar-refractivity contribution in [3.8, 4) is 5.75 Å². The second kappa shape index (κ2) is 23.6. The van der Waals surface area contributed by atoms with E-state index in [1.54, 1.807) is 13.2 Å². The molecule has 2 unspecified atom stereocenters. The maximum atomic E-state index is 12.1. The van der Waals surface area contributed by atoms with E-state index in [0.29, 0.717) is 31.6 Å². The summed E-state index contributed by atoms with van der Waals surface area (Å²) in [5, 5.41) is 21.8. The van der Waals surface area contributed by atoms with Gasteiger partial charge in [0.1, 0.15) is 11.5 Å². The molecule has 1 saturated carbocycles. The number of hydrogen-bond donors (Lipinski definition) is 3. The van der Waals surface area contributed by atoms with Crippen LogP contribution in [-0.4, -0.2) is 68.8 Å². The van der Waals surface area contributed by atoms with Crippen molar-refractivity contribution in [3.63, 3.8) is 0 Å². The van der Waals surface area contributed by atoms with Crippen LogP contribution >= 0.6 is 0 Å². The van der Waals surface area contributed by atoms with Gasteiger partial charge in [0.15, 0.2) is 0 Å². The lowest BCUT2D eigenvalue weighted by molar-refractivity contribution is -0.274. The number of halogens is 3. The van der Waals surface area contributed by atoms with Crippen molar-refractivity contribution in [1.29, 1.82) is 0 Å². The highest BCUT2D eigenvalue weighted by molar-refractivity contribution is 5.28. The third-order valence-corrected chi connectivity index (χ3v) is 8.45. The van der Waals surface area contributed by atoms with Gasteiger partial charge in [0.2, 0.25) is 0 Å². The Bertz CT molecular complexity index is 1250. The number of allylic oxidation sites excluding steroid dienone is 2. The lowest BCUT2D eigenvalue weighted by Crippen LogP contribution is -2.28. The van der Waals surface area contributed by atoms with Gasteiger partial charge in [-0.25, -0.2) is 0 Å². The van der Waals surface area contributed by atoms with Gasteiger partial charge in [-0.1, -0.05) is 76.2 Å². The standard InChI is InChI=1S/C13H15F3O3.C13H22O3.C12H17N.C2H6/c14-13(15,16)19-12-3-1-2-9(6-12)8-18-11-5-4-10(17)7-11;1-13(2,9-14)10-16-8-11-6-4-5-7-12(11)15-3;1-2-4-11(5-3-1)10-12-6-8-13-9-7-12;1-2/h1-3,6,10-11,17H,4-5,7-8H2;5,7,14H,4,6,8-10H2,1-3H3;1-5,12-13H,6-10H2;1-2H3. The molecule has 2 aliphatic carbocycles. The third-order valence-electron chi connectivity index (χ3n) is 8.45. The quantitative estimate of drug-likeness (QED) is 0.204. The van der Waals surface area contributed by atoms with E-state index in [1.807, 2.05) is 33.8 Å². The second-order valence-corrected chi connectivity index (χ2v) is 13.4. The monoisotopic (exact) mass is 707 g/mol. The van der Waals surface area contributed by atoms with E-state index in [1.165, 1.54) is 61.7 Å². The summed E-state index contributed by atoms with van der Waals surface area (Å²) < 4.78 is 56.5. The highest BCUT2D eigenvalue weighted by atomic mass is 19.4. The van der Waals surface area contributed by atoms with Crippen LogP contribution in [0.1, 0.15) is 83.8 Å². The van der Waals surface area contributed by atoms with E-state index < -0.39 is 6.36 Å². The third kappa shape index (κ3) is 18.4. The van der Waals surface area contributed by atoms with Gasteiger partial charge in [0.25, 0.3) is 0 Å². The van der Waals surface area contributed by atoms with Gasteiger partial charge in [-0.3, -0.25) is 0 Å². The van der Waals surface area contributed by atoms with Crippen LogP contribution in [-0.2, 0) is 27.2 Å². The molecular formula is C40H60F3NO6. The molecule has 2 fully saturated rings. The van der Waals surface area contributed by atoms with Crippen molar-refractivity contribution in [2.75, 3.05) is 40.0 Å². The highest BCUT2D eigenvalue weighted by Crippen LogP contribution is 2.26. The molecule has 282 valence electrons. The van der Waals surface area contributed by atoms with Crippen LogP contribution in [0.4, 0.5) is 13.2 Å². The van der Waals surface area contributed by atoms with Crippen LogP contribution in [0, 0.1) is 11.3 Å². The Labute approximate surface area is 297 Å². The smallest absolute Gasteiger partial charge is 0.497 e. The second-order valence-electron chi connectivity index (χ2n) is 13.4. The largest absolute Gasteiger partial charge is 0.573 e. The van der Waals surface area contributed by atoms with E-state index >= 15 is 0 Å². The number of nitrogens with one attached hydrogen (secondary N) is 1. The molecule has 3 N–H and O–H groups in total. The number of benzene rings is 2. The average molecular weight is 708 g/mol. The average Bonchev–Trinajstić information content (AvgIpc) is 3.54. The molecule has 1 aliphatic heterocycles. The zero-order chi connectivity index (χ0) is 36.8. The minimum absolute atomic E-state index is 0.0257. The topological polar surface area (TPSA) is 89.4 Å². The predicted molar refractivity (Wildman–Crippen MR) is 193 cm³/mol. The van der Waals surface area contributed by atoms with E-state index in [2.05, 4.69) is 46.5 Å². The minimum Gasteiger partial charge on any atom is -0.497 e. The zero-order valence-corrected chi connectivity index (χ0v) is 30.6. The first-order chi connectivity index (χ1) is 24.0. The molecule has 0 bridgehead atoms. The van der Waals surface area contributed by atoms with Crippen LogP contribution in [0.2, 0.25) is 0 Å². The Hall–Kier alpha value is -2.89. The zero-order valence-electron chi connectivity index (χ0n) is 30.6. The number of ether oxygens (including phenoxy) is 4. The summed E-state index contributed by atoms with van der Waals surface area (Å²) in [5.74, 6) is 1.58. The first-order valence-electron chi connectivity index (χ1n) is 18.0. The van der Waals surface area contributed by atoms with Crippen molar-refractivity contribution in [3.05, 3.63) is 89.2 Å². The summed E-state index contributed by atoms with van der Waals surface area (Å²) in [6.45, 7) is 11.9. The number of aliphatic hydroxyl groups is 2. The molecule has 0 spiro atoms. The number of piperidine rings is 1. The fourth-order valence-corrected chi connectivity index (χ4v) is 5.69. The predicted octanol–water partition coefficient (Wildman–Crippen LogP) is 8.54. The van der Waals surface area contributed by atoms with E-state index in [4.69, 9.17) is 19.3 Å². The number of hydrogen-bond acceptors (Lipinski definition) is 7. The molecule has 3 aliphatic rings. The molecule has 1 heterocycles. The molecule has 5 rings (SSSR count). The lowest BCUT2D eigenvalue weighted by atomic mass is 9.91. The maximum Gasteiger partial charge on any atom is 0.573 e. The first kappa shape index (κ1) is 43.3. The number of alkyl halides is 3. The van der Waals surface area contributed by atoms with Crippen LogP contribution in [0.5, 0.6) is 5.75 Å². The summed E-state index contributed by atoms with van der Waals surface area (Å²) >= 11 is 0. The van der Waals surface area contributed by atoms with Gasteiger partial charge < -0.3 is 34.5 Å². The SMILES string of the molecule is CC.COC1=C(COCC(C)(C)CO)CCC=C1.OC1CCC(OCc2cccc(OC(F)(F)F)c2)C1.c1ccc(CC2CCNCC2)cc1. The Morgan fingerprint density at radius 1 is 0.900 bits per heavy atom. The Morgan fingerprint density at radius 2 is 1.60 bits per heavy atom. The molecule has 50 heavy (non-hydrogen) atoms. The molecule has 0 aromatic heterocycles. The van der Waals surface area contributed by atoms with Crippen molar-refractivity contribution < 1.29 is 42.3 Å². The van der Waals surface area contributed by atoms with Gasteiger partial charge in [-0.2, -0.15) is 0 Å². The highest BCUT2D eigenvalue weighted by Gasteiger charge is 2.31. The van der Waals surface area contributed by atoms with Crippen molar-refractivity contribution in [1.82, 2.24) is 5.32 Å². The van der Waals surface area contributed by atoms with Gasteiger partial charge in [-0.15, -0.1) is 13.2 Å². The van der Waals surface area contributed by atoms with Crippen molar-refractivity contribution in [2.24, 2.45) is 11.3 Å². The van der Waals surface area contributed by atoms with Crippen molar-refractivity contribution >= 4 is 0 Å². The lowest BCUT2D eigenvalue weighted by Gasteiger charge is -2.22. The normalized spacial score (nSPS) is 19.3. The maximum absolute atomic E-state index is 12.1. The molecule has 1 saturated heterocycles. The van der Waals surface area contributed by atoms with Crippen LogP contribution in [0.25, 0.3) is 0 Å². The Balaban J connectivity index is 0.000000258. The van der Waals surface area contributed by atoms with Crippen LogP contribution in [0.3, 0.4) is 0 Å². The van der Waals surface area contributed by atoms with Crippen molar-refractivity contribution in [2.45, 2.75) is 104 Å². The molecule has 2 aromatic carbocycles. The number of aliphatic hydroxyl groups excluding tert-OH is 2. The molecule has 0 amide bonds. The molecular weight excluding hydrogens is 647 g/mol. The number of methoxy groups -OCH3 is 1. The molecule has 2 atom stereocenters. The van der Waals surface area contributed by atoms with E-state index in [0.717, 1.165) is 30.9 Å². The first-order valence-corrected chi connectivity index (χ1v) is 18.0. The summed E-state index contributed by atoms with van der Waals surface area (Å²) in [7, 11) is 1.68. The summed E-state index contributed by atoms with van der Waals surface area (Å²) in [6.07, 6.45) is 7.14. The number of rotatable bonds is 12. The molecule has 0 radical (unpaired) electrons. The van der Waals surface area contributed by atoms with Gasteiger partial charge in [-0.05, 0) is 105 Å². The molecule has 10 heteroatoms. The van der Waals surface area contributed by atoms with E-state index in [9.17, 15) is 18.3 Å². The summed E-state index contributed by atoms with van der Waals surface area (Å²) in [5.41, 5.74) is 3.15. The fraction of sp³-hybridized carbons (Fsp3) is 0.600. The molecule has 2 aromatic rings. The van der Waals surface area contributed by atoms with Crippen LogP contribution in [0.15, 0.2) is 78.1 Å². The molecule has 7 nitrogen and oxygen atoms in total. The Morgan fingerprint density at radius 3 is 2.22 bits per heavy atom. The van der Waals surface area contributed by atoms with Gasteiger partial charge in [0, 0.05) is 5.41 Å². The fourth-order valence-electron chi connectivity index (χ4n) is 5.69. The van der Waals surface area contributed by atoms with E-state index in [-0.39, 0.29) is 36.6 Å². The van der Waals surface area contributed by atoms with Gasteiger partial charge >= 0.3 is 6.36 Å². The van der Waals surface area contributed by atoms with Gasteiger partial charge in [0.05, 0.1) is 45.7 Å².